The van der Waals surface area contributed by atoms with Gasteiger partial charge in [0.15, 0.2) is 0 Å². The van der Waals surface area contributed by atoms with Crippen molar-refractivity contribution in [2.45, 2.75) is 20.3 Å². The summed E-state index contributed by atoms with van der Waals surface area (Å²) in [5.41, 5.74) is 6.51. The Labute approximate surface area is 180 Å². The zero-order chi connectivity index (χ0) is 20.8. The normalized spacial score (nSPS) is 11.2. The van der Waals surface area contributed by atoms with Gasteiger partial charge in [-0.05, 0) is 36.1 Å². The first-order chi connectivity index (χ1) is 13.2. The number of hydrogen-bond donors (Lipinski definition) is 3. The highest BCUT2D eigenvalue weighted by Gasteiger charge is 1.96. The van der Waals surface area contributed by atoms with E-state index in [1.165, 1.54) is 11.8 Å². The molecule has 27 heavy (non-hydrogen) atoms. The molecule has 0 heterocycles. The Bertz CT molecular complexity index is 546. The van der Waals surface area contributed by atoms with E-state index in [0.717, 1.165) is 19.5 Å². The summed E-state index contributed by atoms with van der Waals surface area (Å²) in [6.45, 7) is 10.4. The van der Waals surface area contributed by atoms with Gasteiger partial charge in [-0.25, -0.2) is 0 Å². The van der Waals surface area contributed by atoms with Gasteiger partial charge in [0.05, 0.1) is 16.7 Å². The van der Waals surface area contributed by atoms with Crippen LogP contribution in [0.4, 0.5) is 0 Å². The molecule has 152 valence electrons. The van der Waals surface area contributed by atoms with Crippen molar-refractivity contribution in [3.8, 4) is 0 Å². The van der Waals surface area contributed by atoms with Crippen LogP contribution in [0.15, 0.2) is 70.8 Å². The van der Waals surface area contributed by atoms with Gasteiger partial charge in [0.25, 0.3) is 0 Å². The largest absolute Gasteiger partial charge is 0.500 e. The van der Waals surface area contributed by atoms with Crippen LogP contribution in [0.5, 0.6) is 0 Å². The molecule has 0 saturated carbocycles. The molecule has 0 aromatic heterocycles. The van der Waals surface area contributed by atoms with Crippen LogP contribution in [-0.4, -0.2) is 26.2 Å². The number of nitrogens with one attached hydrogen (secondary N) is 1. The predicted molar refractivity (Wildman–Crippen MR) is 126 cm³/mol. The quantitative estimate of drug-likeness (QED) is 0.186. The van der Waals surface area contributed by atoms with Gasteiger partial charge in [0.2, 0.25) is 0 Å². The van der Waals surface area contributed by atoms with Crippen LogP contribution >= 0.6 is 35.8 Å². The lowest BCUT2D eigenvalue weighted by Crippen LogP contribution is -2.23. The number of hydrogen-bond acceptors (Lipinski definition) is 4. The molecule has 6 heteroatoms. The van der Waals surface area contributed by atoms with Crippen molar-refractivity contribution in [3.63, 3.8) is 0 Å². The lowest BCUT2D eigenvalue weighted by Gasteiger charge is -2.03. The van der Waals surface area contributed by atoms with Crippen molar-refractivity contribution < 1.29 is 4.74 Å². The number of nitrogens with two attached hydrogens (primary N) is 1. The van der Waals surface area contributed by atoms with Crippen molar-refractivity contribution in [3.05, 3.63) is 76.4 Å². The molecule has 1 aromatic carbocycles. The minimum atomic E-state index is 0.372. The van der Waals surface area contributed by atoms with E-state index in [2.05, 4.69) is 24.5 Å². The van der Waals surface area contributed by atoms with Gasteiger partial charge in [-0.1, -0.05) is 80.0 Å². The third kappa shape index (κ3) is 19.4. The summed E-state index contributed by atoms with van der Waals surface area (Å²) < 4.78 is 5.22. The SMILES string of the molecule is C=C/C=C(Cl)\C(Cl)=C/OCCCNCCN.CC.S/C=C/c1ccccc1. The van der Waals surface area contributed by atoms with Gasteiger partial charge < -0.3 is 15.8 Å². The summed E-state index contributed by atoms with van der Waals surface area (Å²) in [4.78, 5) is 0. The van der Waals surface area contributed by atoms with E-state index in [1.807, 2.05) is 50.3 Å². The van der Waals surface area contributed by atoms with Crippen LogP contribution in [0.1, 0.15) is 25.8 Å². The van der Waals surface area contributed by atoms with Crippen LogP contribution in [0.25, 0.3) is 6.08 Å². The van der Waals surface area contributed by atoms with Gasteiger partial charge in [0, 0.05) is 13.1 Å². The summed E-state index contributed by atoms with van der Waals surface area (Å²) >= 11 is 15.6. The van der Waals surface area contributed by atoms with Gasteiger partial charge in [-0.15, -0.1) is 0 Å². The predicted octanol–water partition coefficient (Wildman–Crippen LogP) is 5.94. The number of halogens is 2. The molecule has 0 aliphatic heterocycles. The summed E-state index contributed by atoms with van der Waals surface area (Å²) in [7, 11) is 0. The monoisotopic (exact) mass is 430 g/mol. The van der Waals surface area contributed by atoms with Gasteiger partial charge in [-0.3, -0.25) is 0 Å². The second kappa shape index (κ2) is 22.9. The highest BCUT2D eigenvalue weighted by atomic mass is 35.5. The Kier molecular flexibility index (Phi) is 23.8. The number of rotatable bonds is 10. The molecular weight excluding hydrogens is 399 g/mol. The molecule has 0 unspecified atom stereocenters. The Balaban J connectivity index is 0. The summed E-state index contributed by atoms with van der Waals surface area (Å²) in [6, 6.07) is 10.1. The van der Waals surface area contributed by atoms with Crippen LogP contribution in [0, 0.1) is 0 Å². The smallest absolute Gasteiger partial charge is 0.103 e. The third-order valence-corrected chi connectivity index (χ3v) is 3.55. The topological polar surface area (TPSA) is 47.3 Å². The van der Waals surface area contributed by atoms with Gasteiger partial charge in [-0.2, -0.15) is 12.6 Å². The maximum Gasteiger partial charge on any atom is 0.103 e. The minimum absolute atomic E-state index is 0.372. The molecule has 0 fully saturated rings. The molecule has 0 aliphatic rings. The molecule has 0 radical (unpaired) electrons. The standard InChI is InChI=1S/C11H18Cl2N2O.C8H8S.C2H6/c1-2-4-10(12)11(13)9-16-8-3-6-15-7-5-14;9-7-6-8-4-2-1-3-5-8;1-2/h2,4,9,15H,1,3,5-8,14H2;1-7,9H;1-2H3/b10-4+,11-9+;7-6+;. The molecule has 0 amide bonds. The molecule has 0 aliphatic carbocycles. The zero-order valence-corrected chi connectivity index (χ0v) is 18.6. The van der Waals surface area contributed by atoms with Gasteiger partial charge in [0.1, 0.15) is 6.26 Å². The van der Waals surface area contributed by atoms with E-state index < -0.39 is 0 Å². The Morgan fingerprint density at radius 3 is 2.41 bits per heavy atom. The highest BCUT2D eigenvalue weighted by Crippen LogP contribution is 2.18. The molecule has 3 nitrogen and oxygen atoms in total. The van der Waals surface area contributed by atoms with Crippen molar-refractivity contribution in [2.75, 3.05) is 26.2 Å². The molecular formula is C21H32Cl2N2OS. The minimum Gasteiger partial charge on any atom is -0.500 e. The van der Waals surface area contributed by atoms with E-state index in [1.54, 1.807) is 17.6 Å². The van der Waals surface area contributed by atoms with Crippen molar-refractivity contribution >= 4 is 41.9 Å². The Morgan fingerprint density at radius 1 is 1.19 bits per heavy atom. The van der Waals surface area contributed by atoms with Crippen LogP contribution < -0.4 is 11.1 Å². The average molecular weight is 431 g/mol. The first-order valence-electron chi connectivity index (χ1n) is 8.88. The van der Waals surface area contributed by atoms with Crippen molar-refractivity contribution in [1.29, 1.82) is 0 Å². The van der Waals surface area contributed by atoms with Crippen LogP contribution in [0.3, 0.4) is 0 Å². The number of benzene rings is 1. The number of ether oxygens (including phenoxy) is 1. The molecule has 1 rings (SSSR count). The Hall–Kier alpha value is -1.17. The lowest BCUT2D eigenvalue weighted by molar-refractivity contribution is 0.243. The molecule has 3 N–H and O–H groups in total. The second-order valence-corrected chi connectivity index (χ2v) is 5.82. The van der Waals surface area contributed by atoms with Crippen LogP contribution in [-0.2, 0) is 4.74 Å². The fourth-order valence-corrected chi connectivity index (χ4v) is 1.96. The maximum absolute atomic E-state index is 5.83. The van der Waals surface area contributed by atoms with E-state index in [9.17, 15) is 0 Å². The molecule has 0 saturated heterocycles. The number of thiol groups is 1. The van der Waals surface area contributed by atoms with E-state index >= 15 is 0 Å². The molecule has 1 aromatic rings. The highest BCUT2D eigenvalue weighted by molar-refractivity contribution is 7.83. The second-order valence-electron chi connectivity index (χ2n) is 4.71. The summed E-state index contributed by atoms with van der Waals surface area (Å²) in [6.07, 6.45) is 7.45. The third-order valence-electron chi connectivity index (χ3n) is 2.68. The lowest BCUT2D eigenvalue weighted by atomic mass is 10.2. The average Bonchev–Trinajstić information content (AvgIpc) is 2.70. The van der Waals surface area contributed by atoms with Crippen LogP contribution in [0.2, 0.25) is 0 Å². The molecule has 0 bridgehead atoms. The zero-order valence-electron chi connectivity index (χ0n) is 16.2. The first kappa shape index (κ1) is 28.0. The van der Waals surface area contributed by atoms with E-state index in [-0.39, 0.29) is 0 Å². The van der Waals surface area contributed by atoms with Crippen molar-refractivity contribution in [2.24, 2.45) is 5.73 Å². The fourth-order valence-electron chi connectivity index (χ4n) is 1.53. The number of allylic oxidation sites excluding steroid dienone is 4. The van der Waals surface area contributed by atoms with Crippen molar-refractivity contribution in [1.82, 2.24) is 5.32 Å². The summed E-state index contributed by atoms with van der Waals surface area (Å²) in [5.74, 6) is 0. The molecule has 0 atom stereocenters. The van der Waals surface area contributed by atoms with E-state index in [4.69, 9.17) is 33.7 Å². The Morgan fingerprint density at radius 2 is 1.85 bits per heavy atom. The summed E-state index contributed by atoms with van der Waals surface area (Å²) in [5, 5.41) is 5.67. The van der Waals surface area contributed by atoms with Gasteiger partial charge >= 0.3 is 0 Å². The maximum atomic E-state index is 5.83. The molecule has 0 spiro atoms. The fraction of sp³-hybridized carbons (Fsp3) is 0.333. The van der Waals surface area contributed by atoms with E-state index in [0.29, 0.717) is 23.2 Å². The first-order valence-corrected chi connectivity index (χ1v) is 10.1.